The van der Waals surface area contributed by atoms with Crippen molar-refractivity contribution in [3.63, 3.8) is 0 Å². The molecule has 6 nitrogen and oxygen atoms in total. The summed E-state index contributed by atoms with van der Waals surface area (Å²) in [4.78, 5) is 19.3. The molecule has 1 aromatic carbocycles. The fraction of sp³-hybridized carbons (Fsp3) is 0.333. The Bertz CT molecular complexity index is 1030. The van der Waals surface area contributed by atoms with Crippen LogP contribution in [-0.4, -0.2) is 48.7 Å². The Balaban J connectivity index is 1.52. The van der Waals surface area contributed by atoms with Crippen LogP contribution in [0.5, 0.6) is 0 Å². The maximum absolute atomic E-state index is 12.9. The van der Waals surface area contributed by atoms with Crippen LogP contribution in [0.25, 0.3) is 10.2 Å². The molecule has 0 radical (unpaired) electrons. The van der Waals surface area contributed by atoms with Crippen molar-refractivity contribution in [3.8, 4) is 0 Å². The van der Waals surface area contributed by atoms with Crippen LogP contribution in [0, 0.1) is 0 Å². The zero-order valence-electron chi connectivity index (χ0n) is 14.7. The third kappa shape index (κ3) is 3.52. The number of likely N-dealkylation sites (N-methyl/N-ethyl adjacent to an activating group) is 1. The molecule has 1 aliphatic heterocycles. The van der Waals surface area contributed by atoms with E-state index in [2.05, 4.69) is 0 Å². The van der Waals surface area contributed by atoms with Gasteiger partial charge in [-0.25, -0.2) is 13.4 Å². The van der Waals surface area contributed by atoms with Gasteiger partial charge in [-0.2, -0.15) is 4.31 Å². The number of rotatable bonds is 5. The zero-order chi connectivity index (χ0) is 19.0. The topological polar surface area (TPSA) is 70.6 Å². The highest BCUT2D eigenvalue weighted by Crippen LogP contribution is 2.36. The van der Waals surface area contributed by atoms with Gasteiger partial charge < -0.3 is 4.90 Å². The number of hydrogen-bond donors (Lipinski definition) is 0. The third-order valence-electron chi connectivity index (χ3n) is 4.69. The number of thiophene rings is 1. The summed E-state index contributed by atoms with van der Waals surface area (Å²) in [6.45, 7) is 0.466. The molecule has 0 spiro atoms. The van der Waals surface area contributed by atoms with Gasteiger partial charge in [-0.05, 0) is 36.4 Å². The van der Waals surface area contributed by atoms with E-state index >= 15 is 0 Å². The summed E-state index contributed by atoms with van der Waals surface area (Å²) in [5.74, 6) is -0.181. The molecule has 2 aromatic heterocycles. The number of fused-ring (bicyclic) bond motifs is 1. The average Bonchev–Trinajstić information content (AvgIpc) is 3.40. The van der Waals surface area contributed by atoms with E-state index in [1.807, 2.05) is 24.3 Å². The van der Waals surface area contributed by atoms with Gasteiger partial charge in [0.15, 0.2) is 0 Å². The molecule has 0 saturated carbocycles. The van der Waals surface area contributed by atoms with Crippen molar-refractivity contribution in [2.24, 2.45) is 0 Å². The van der Waals surface area contributed by atoms with Gasteiger partial charge in [-0.3, -0.25) is 4.79 Å². The molecule has 0 aliphatic carbocycles. The van der Waals surface area contributed by atoms with E-state index in [-0.39, 0.29) is 22.7 Å². The molecule has 142 valence electrons. The molecule has 0 unspecified atom stereocenters. The lowest BCUT2D eigenvalue weighted by Crippen LogP contribution is -2.40. The van der Waals surface area contributed by atoms with Crippen molar-refractivity contribution < 1.29 is 13.2 Å². The second-order valence-corrected chi connectivity index (χ2v) is 10.7. The van der Waals surface area contributed by atoms with Crippen molar-refractivity contribution in [3.05, 3.63) is 46.8 Å². The van der Waals surface area contributed by atoms with Gasteiger partial charge in [-0.15, -0.1) is 22.7 Å². The number of para-hydroxylation sites is 1. The van der Waals surface area contributed by atoms with Gasteiger partial charge in [0.05, 0.1) is 22.8 Å². The highest BCUT2D eigenvalue weighted by atomic mass is 32.2. The summed E-state index contributed by atoms with van der Waals surface area (Å²) in [7, 11) is -2.18. The second-order valence-electron chi connectivity index (χ2n) is 6.46. The molecular formula is C18H19N3O3S3. The summed E-state index contributed by atoms with van der Waals surface area (Å²) in [5, 5.41) is 2.64. The summed E-state index contributed by atoms with van der Waals surface area (Å²) in [6.07, 6.45) is 1.75. The largest absolute Gasteiger partial charge is 0.332 e. The zero-order valence-corrected chi connectivity index (χ0v) is 17.2. The van der Waals surface area contributed by atoms with Crippen LogP contribution in [0.3, 0.4) is 0 Å². The van der Waals surface area contributed by atoms with Crippen LogP contribution >= 0.6 is 22.7 Å². The van der Waals surface area contributed by atoms with Crippen LogP contribution in [0.15, 0.2) is 46.0 Å². The first-order chi connectivity index (χ1) is 13.0. The molecule has 9 heteroatoms. The summed E-state index contributed by atoms with van der Waals surface area (Å²) in [6, 6.07) is 11.1. The lowest BCUT2D eigenvalue weighted by atomic mass is 10.2. The monoisotopic (exact) mass is 421 g/mol. The quantitative estimate of drug-likeness (QED) is 0.633. The molecule has 1 fully saturated rings. The number of amides is 1. The number of nitrogens with zero attached hydrogens (tertiary/aromatic N) is 3. The predicted molar refractivity (Wildman–Crippen MR) is 107 cm³/mol. The maximum atomic E-state index is 12.9. The van der Waals surface area contributed by atoms with Gasteiger partial charge in [0.25, 0.3) is 10.0 Å². The minimum absolute atomic E-state index is 0.0762. The molecular weight excluding hydrogens is 402 g/mol. The van der Waals surface area contributed by atoms with Crippen LogP contribution in [-0.2, 0) is 14.8 Å². The summed E-state index contributed by atoms with van der Waals surface area (Å²) >= 11 is 2.76. The number of thiazole rings is 1. The van der Waals surface area contributed by atoms with Crippen LogP contribution in [0.4, 0.5) is 0 Å². The van der Waals surface area contributed by atoms with Gasteiger partial charge in [0.2, 0.25) is 5.91 Å². The number of carbonyl (C=O) groups excluding carboxylic acids is 1. The Morgan fingerprint density at radius 3 is 2.85 bits per heavy atom. The Morgan fingerprint density at radius 1 is 1.30 bits per heavy atom. The van der Waals surface area contributed by atoms with Crippen molar-refractivity contribution in [2.45, 2.75) is 23.1 Å². The molecule has 27 heavy (non-hydrogen) atoms. The lowest BCUT2D eigenvalue weighted by molar-refractivity contribution is -0.132. The summed E-state index contributed by atoms with van der Waals surface area (Å²) < 4.78 is 27.6. The van der Waals surface area contributed by atoms with E-state index in [0.29, 0.717) is 6.54 Å². The Kier molecular flexibility index (Phi) is 5.02. The molecule has 0 N–H and O–H groups in total. The minimum Gasteiger partial charge on any atom is -0.332 e. The number of likely N-dealkylation sites (tertiary alicyclic amines) is 1. The minimum atomic E-state index is -3.63. The smallest absolute Gasteiger partial charge is 0.252 e. The summed E-state index contributed by atoms with van der Waals surface area (Å²) in [5.41, 5.74) is 0.939. The van der Waals surface area contributed by atoms with Crippen LogP contribution in [0.1, 0.15) is 23.9 Å². The second kappa shape index (κ2) is 7.31. The number of carbonyl (C=O) groups is 1. The molecule has 1 aliphatic rings. The molecule has 4 rings (SSSR count). The fourth-order valence-electron chi connectivity index (χ4n) is 3.28. The molecule has 1 amide bonds. The fourth-order valence-corrected chi connectivity index (χ4v) is 6.72. The van der Waals surface area contributed by atoms with Crippen molar-refractivity contribution >= 4 is 48.8 Å². The first kappa shape index (κ1) is 18.5. The van der Waals surface area contributed by atoms with Crippen LogP contribution < -0.4 is 0 Å². The predicted octanol–water partition coefficient (Wildman–Crippen LogP) is 3.34. The van der Waals surface area contributed by atoms with Crippen molar-refractivity contribution in [1.29, 1.82) is 0 Å². The maximum Gasteiger partial charge on any atom is 0.252 e. The van der Waals surface area contributed by atoms with E-state index < -0.39 is 10.0 Å². The SMILES string of the molecule is CN(CC(=O)N1CCC[C@H]1c1nc2ccccc2s1)S(=O)(=O)c1cccs1. The van der Waals surface area contributed by atoms with E-state index in [9.17, 15) is 13.2 Å². The van der Waals surface area contributed by atoms with E-state index in [4.69, 9.17) is 4.98 Å². The molecule has 3 heterocycles. The van der Waals surface area contributed by atoms with E-state index in [0.717, 1.165) is 43.7 Å². The highest BCUT2D eigenvalue weighted by molar-refractivity contribution is 7.91. The van der Waals surface area contributed by atoms with Gasteiger partial charge >= 0.3 is 0 Å². The Hall–Kier alpha value is -1.81. The number of aromatic nitrogens is 1. The van der Waals surface area contributed by atoms with Gasteiger partial charge in [0.1, 0.15) is 9.22 Å². The average molecular weight is 422 g/mol. The first-order valence-corrected chi connectivity index (χ1v) is 11.8. The third-order valence-corrected chi connectivity index (χ3v) is 9.00. The van der Waals surface area contributed by atoms with Crippen LogP contribution in [0.2, 0.25) is 0 Å². The van der Waals surface area contributed by atoms with Crippen molar-refractivity contribution in [1.82, 2.24) is 14.2 Å². The van der Waals surface area contributed by atoms with Gasteiger partial charge in [0, 0.05) is 13.6 Å². The molecule has 1 saturated heterocycles. The van der Waals surface area contributed by atoms with E-state index in [1.165, 1.54) is 7.05 Å². The molecule has 3 aromatic rings. The van der Waals surface area contributed by atoms with Crippen molar-refractivity contribution in [2.75, 3.05) is 20.1 Å². The first-order valence-electron chi connectivity index (χ1n) is 8.61. The van der Waals surface area contributed by atoms with Gasteiger partial charge in [-0.1, -0.05) is 18.2 Å². The molecule has 1 atom stereocenters. The number of sulfonamides is 1. The Morgan fingerprint density at radius 2 is 2.11 bits per heavy atom. The molecule has 0 bridgehead atoms. The standard InChI is InChI=1S/C18H19N3O3S3/c1-20(27(23,24)17-9-5-11-25-17)12-16(22)21-10-4-7-14(21)18-19-13-6-2-3-8-15(13)26-18/h2-3,5-6,8-9,11,14H,4,7,10,12H2,1H3/t14-/m0/s1. The lowest BCUT2D eigenvalue weighted by Gasteiger charge is -2.25. The Labute approximate surface area is 166 Å². The number of hydrogen-bond acceptors (Lipinski definition) is 6. The van der Waals surface area contributed by atoms with E-state index in [1.54, 1.807) is 33.7 Å². The normalized spacial score (nSPS) is 17.9. The highest BCUT2D eigenvalue weighted by Gasteiger charge is 2.34. The number of benzene rings is 1.